The summed E-state index contributed by atoms with van der Waals surface area (Å²) in [6.07, 6.45) is 8.24. The van der Waals surface area contributed by atoms with Crippen molar-refractivity contribution >= 4 is 5.97 Å². The minimum atomic E-state index is -0.858. The zero-order chi connectivity index (χ0) is 11.5. The second kappa shape index (κ2) is 4.60. The fraction of sp³-hybridized carbons (Fsp3) is 0.583. The zero-order valence-electron chi connectivity index (χ0n) is 9.39. The molecule has 0 saturated heterocycles. The van der Waals surface area contributed by atoms with Crippen LogP contribution >= 0.6 is 0 Å². The Hall–Kier alpha value is -1.45. The number of nitrogens with zero attached hydrogens (tertiary/aromatic N) is 2. The van der Waals surface area contributed by atoms with E-state index in [-0.39, 0.29) is 0 Å². The van der Waals surface area contributed by atoms with Crippen LogP contribution in [0.2, 0.25) is 0 Å². The Morgan fingerprint density at radius 3 is 2.56 bits per heavy atom. The summed E-state index contributed by atoms with van der Waals surface area (Å²) in [4.78, 5) is 19.3. The summed E-state index contributed by atoms with van der Waals surface area (Å²) in [6.45, 7) is 1.63. The van der Waals surface area contributed by atoms with Gasteiger partial charge in [0, 0.05) is 18.3 Å². The lowest BCUT2D eigenvalue weighted by molar-refractivity contribution is -0.138. The molecule has 4 heteroatoms. The molecule has 1 N–H and O–H groups in total. The summed E-state index contributed by atoms with van der Waals surface area (Å²) >= 11 is 0. The SMILES string of the molecule is CC(C(=O)O)c1cnc(C2CCCC2)cn1. The molecular weight excluding hydrogens is 204 g/mol. The van der Waals surface area contributed by atoms with E-state index in [1.165, 1.54) is 25.7 Å². The Balaban J connectivity index is 2.12. The maximum atomic E-state index is 10.8. The van der Waals surface area contributed by atoms with Gasteiger partial charge in [-0.2, -0.15) is 0 Å². The molecule has 1 saturated carbocycles. The summed E-state index contributed by atoms with van der Waals surface area (Å²) in [7, 11) is 0. The zero-order valence-corrected chi connectivity index (χ0v) is 9.39. The van der Waals surface area contributed by atoms with Crippen molar-refractivity contribution in [2.75, 3.05) is 0 Å². The maximum Gasteiger partial charge on any atom is 0.312 e. The summed E-state index contributed by atoms with van der Waals surface area (Å²) < 4.78 is 0. The molecule has 86 valence electrons. The summed E-state index contributed by atoms with van der Waals surface area (Å²) in [5.41, 5.74) is 1.55. The molecule has 1 aliphatic carbocycles. The number of carbonyl (C=O) groups is 1. The monoisotopic (exact) mass is 220 g/mol. The van der Waals surface area contributed by atoms with E-state index in [4.69, 9.17) is 5.11 Å². The van der Waals surface area contributed by atoms with Gasteiger partial charge < -0.3 is 5.11 Å². The molecule has 0 bridgehead atoms. The van der Waals surface area contributed by atoms with Crippen LogP contribution in [0.25, 0.3) is 0 Å². The van der Waals surface area contributed by atoms with Crippen LogP contribution in [0.15, 0.2) is 12.4 Å². The van der Waals surface area contributed by atoms with E-state index in [0.29, 0.717) is 11.6 Å². The second-order valence-electron chi connectivity index (χ2n) is 4.41. The lowest BCUT2D eigenvalue weighted by Crippen LogP contribution is -2.10. The third-order valence-corrected chi connectivity index (χ3v) is 3.28. The van der Waals surface area contributed by atoms with Crippen molar-refractivity contribution in [2.45, 2.75) is 44.4 Å². The first-order valence-corrected chi connectivity index (χ1v) is 5.73. The topological polar surface area (TPSA) is 63.1 Å². The van der Waals surface area contributed by atoms with Crippen molar-refractivity contribution in [2.24, 2.45) is 0 Å². The molecule has 1 aromatic rings. The molecule has 2 rings (SSSR count). The van der Waals surface area contributed by atoms with Gasteiger partial charge in [0.15, 0.2) is 0 Å². The van der Waals surface area contributed by atoms with Gasteiger partial charge in [-0.1, -0.05) is 12.8 Å². The fourth-order valence-corrected chi connectivity index (χ4v) is 2.13. The standard InChI is InChI=1S/C12H16N2O2/c1-8(12(15)16)10-6-14-11(7-13-10)9-4-2-3-5-9/h6-9H,2-5H2,1H3,(H,15,16). The minimum Gasteiger partial charge on any atom is -0.481 e. The largest absolute Gasteiger partial charge is 0.481 e. The predicted octanol–water partition coefficient (Wildman–Crippen LogP) is 2.32. The normalized spacial score (nSPS) is 18.6. The van der Waals surface area contributed by atoms with E-state index in [1.54, 1.807) is 19.3 Å². The number of aliphatic carboxylic acids is 1. The van der Waals surface area contributed by atoms with Gasteiger partial charge in [-0.3, -0.25) is 14.8 Å². The molecule has 0 amide bonds. The van der Waals surface area contributed by atoms with E-state index >= 15 is 0 Å². The lowest BCUT2D eigenvalue weighted by atomic mass is 10.0. The molecule has 16 heavy (non-hydrogen) atoms. The van der Waals surface area contributed by atoms with Crippen LogP contribution < -0.4 is 0 Å². The lowest BCUT2D eigenvalue weighted by Gasteiger charge is -2.09. The van der Waals surface area contributed by atoms with Gasteiger partial charge in [-0.05, 0) is 19.8 Å². The quantitative estimate of drug-likeness (QED) is 0.849. The van der Waals surface area contributed by atoms with Gasteiger partial charge >= 0.3 is 5.97 Å². The molecule has 4 nitrogen and oxygen atoms in total. The first-order chi connectivity index (χ1) is 7.68. The van der Waals surface area contributed by atoms with Gasteiger partial charge in [0.25, 0.3) is 0 Å². The van der Waals surface area contributed by atoms with Crippen LogP contribution in [0.4, 0.5) is 0 Å². The average Bonchev–Trinajstić information content (AvgIpc) is 2.81. The number of hydrogen-bond acceptors (Lipinski definition) is 3. The molecule has 0 spiro atoms. The van der Waals surface area contributed by atoms with Gasteiger partial charge in [0.05, 0.1) is 17.3 Å². The van der Waals surface area contributed by atoms with E-state index in [2.05, 4.69) is 9.97 Å². The Kier molecular flexibility index (Phi) is 3.17. The number of hydrogen-bond donors (Lipinski definition) is 1. The van der Waals surface area contributed by atoms with Gasteiger partial charge in [0.1, 0.15) is 0 Å². The molecule has 1 aliphatic rings. The maximum absolute atomic E-state index is 10.8. The molecule has 1 unspecified atom stereocenters. The molecular formula is C12H16N2O2. The van der Waals surface area contributed by atoms with E-state index in [1.807, 2.05) is 0 Å². The van der Waals surface area contributed by atoms with Crippen molar-refractivity contribution < 1.29 is 9.90 Å². The molecule has 0 aliphatic heterocycles. The Labute approximate surface area is 94.7 Å². The second-order valence-corrected chi connectivity index (χ2v) is 4.41. The number of rotatable bonds is 3. The number of aromatic nitrogens is 2. The van der Waals surface area contributed by atoms with E-state index in [9.17, 15) is 4.79 Å². The Morgan fingerprint density at radius 1 is 1.38 bits per heavy atom. The first kappa shape index (κ1) is 11.0. The Bertz CT molecular complexity index is 369. The predicted molar refractivity (Wildman–Crippen MR) is 59.3 cm³/mol. The summed E-state index contributed by atoms with van der Waals surface area (Å²) in [6, 6.07) is 0. The van der Waals surface area contributed by atoms with Crippen LogP contribution in [0.5, 0.6) is 0 Å². The van der Waals surface area contributed by atoms with E-state index < -0.39 is 11.9 Å². The van der Waals surface area contributed by atoms with Crippen molar-refractivity contribution in [3.8, 4) is 0 Å². The third kappa shape index (κ3) is 2.21. The summed E-state index contributed by atoms with van der Waals surface area (Å²) in [5, 5.41) is 8.85. The van der Waals surface area contributed by atoms with Crippen molar-refractivity contribution in [3.63, 3.8) is 0 Å². The molecule has 1 fully saturated rings. The third-order valence-electron chi connectivity index (χ3n) is 3.28. The van der Waals surface area contributed by atoms with Crippen molar-refractivity contribution in [1.82, 2.24) is 9.97 Å². The number of carboxylic acids is 1. The molecule has 0 radical (unpaired) electrons. The van der Waals surface area contributed by atoms with Crippen molar-refractivity contribution in [3.05, 3.63) is 23.8 Å². The molecule has 1 atom stereocenters. The van der Waals surface area contributed by atoms with Gasteiger partial charge in [0.2, 0.25) is 0 Å². The van der Waals surface area contributed by atoms with Crippen LogP contribution in [0.3, 0.4) is 0 Å². The average molecular weight is 220 g/mol. The Morgan fingerprint density at radius 2 is 2.06 bits per heavy atom. The fourth-order valence-electron chi connectivity index (χ4n) is 2.13. The van der Waals surface area contributed by atoms with Crippen LogP contribution in [0.1, 0.15) is 55.8 Å². The highest BCUT2D eigenvalue weighted by atomic mass is 16.4. The number of carboxylic acid groups (broad SMARTS) is 1. The summed E-state index contributed by atoms with van der Waals surface area (Å²) in [5.74, 6) is -0.908. The minimum absolute atomic E-state index is 0.529. The molecule has 1 heterocycles. The highest BCUT2D eigenvalue weighted by molar-refractivity contribution is 5.74. The smallest absolute Gasteiger partial charge is 0.312 e. The molecule has 0 aromatic carbocycles. The first-order valence-electron chi connectivity index (χ1n) is 5.73. The highest BCUT2D eigenvalue weighted by Gasteiger charge is 2.20. The van der Waals surface area contributed by atoms with Crippen LogP contribution in [0, 0.1) is 0 Å². The van der Waals surface area contributed by atoms with Gasteiger partial charge in [-0.25, -0.2) is 0 Å². The van der Waals surface area contributed by atoms with Crippen LogP contribution in [-0.4, -0.2) is 21.0 Å². The molecule has 1 aromatic heterocycles. The van der Waals surface area contributed by atoms with Gasteiger partial charge in [-0.15, -0.1) is 0 Å². The van der Waals surface area contributed by atoms with E-state index in [0.717, 1.165) is 5.69 Å². The van der Waals surface area contributed by atoms with Crippen LogP contribution in [-0.2, 0) is 4.79 Å². The van der Waals surface area contributed by atoms with Crippen molar-refractivity contribution in [1.29, 1.82) is 0 Å². The highest BCUT2D eigenvalue weighted by Crippen LogP contribution is 2.32.